The highest BCUT2D eigenvalue weighted by atomic mass is 16.2. The van der Waals surface area contributed by atoms with E-state index in [0.717, 1.165) is 11.3 Å². The maximum Gasteiger partial charge on any atom is 0.229 e. The fourth-order valence-electron chi connectivity index (χ4n) is 2.05. The Bertz CT molecular complexity index is 500. The van der Waals surface area contributed by atoms with Gasteiger partial charge in [0.05, 0.1) is 5.92 Å². The van der Waals surface area contributed by atoms with Crippen molar-refractivity contribution in [1.82, 2.24) is 4.90 Å². The van der Waals surface area contributed by atoms with Crippen LogP contribution in [-0.4, -0.2) is 30.3 Å². The van der Waals surface area contributed by atoms with Gasteiger partial charge in [-0.2, -0.15) is 0 Å². The van der Waals surface area contributed by atoms with Crippen LogP contribution in [0, 0.1) is 11.8 Å². The van der Waals surface area contributed by atoms with Crippen LogP contribution in [0.15, 0.2) is 24.3 Å². The van der Waals surface area contributed by atoms with Gasteiger partial charge in [0, 0.05) is 32.7 Å². The largest absolute Gasteiger partial charge is 0.342 e. The van der Waals surface area contributed by atoms with E-state index in [9.17, 15) is 9.59 Å². The molecule has 0 radical (unpaired) electrons. The van der Waals surface area contributed by atoms with Crippen molar-refractivity contribution in [3.8, 4) is 0 Å². The standard InChI is InChI=1S/C16H25N3O2/c1-11(2)14(9-17)16(21)18-15-8-6-5-7-13(15)10-19(4)12(3)20/h5-8,11,14H,9-10,17H2,1-4H3,(H,18,21). The lowest BCUT2D eigenvalue weighted by molar-refractivity contribution is -0.128. The van der Waals surface area contributed by atoms with Gasteiger partial charge in [0.25, 0.3) is 0 Å². The van der Waals surface area contributed by atoms with E-state index in [1.807, 2.05) is 38.1 Å². The Labute approximate surface area is 126 Å². The summed E-state index contributed by atoms with van der Waals surface area (Å²) < 4.78 is 0. The Morgan fingerprint density at radius 2 is 1.90 bits per heavy atom. The molecule has 1 unspecified atom stereocenters. The van der Waals surface area contributed by atoms with Gasteiger partial charge < -0.3 is 16.0 Å². The van der Waals surface area contributed by atoms with Crippen LogP contribution in [0.2, 0.25) is 0 Å². The fourth-order valence-corrected chi connectivity index (χ4v) is 2.05. The SMILES string of the molecule is CC(=O)N(C)Cc1ccccc1NC(=O)C(CN)C(C)C. The highest BCUT2D eigenvalue weighted by molar-refractivity contribution is 5.93. The van der Waals surface area contributed by atoms with Crippen LogP contribution in [0.4, 0.5) is 5.69 Å². The lowest BCUT2D eigenvalue weighted by atomic mass is 9.95. The summed E-state index contributed by atoms with van der Waals surface area (Å²) in [7, 11) is 1.73. The highest BCUT2D eigenvalue weighted by Gasteiger charge is 2.21. The van der Waals surface area contributed by atoms with Crippen molar-refractivity contribution in [2.45, 2.75) is 27.3 Å². The number of rotatable bonds is 6. The molecule has 1 aromatic rings. The zero-order valence-corrected chi connectivity index (χ0v) is 13.2. The van der Waals surface area contributed by atoms with Crippen molar-refractivity contribution in [1.29, 1.82) is 0 Å². The second-order valence-corrected chi connectivity index (χ2v) is 5.61. The number of hydrogen-bond donors (Lipinski definition) is 2. The van der Waals surface area contributed by atoms with E-state index < -0.39 is 0 Å². The van der Waals surface area contributed by atoms with Gasteiger partial charge >= 0.3 is 0 Å². The van der Waals surface area contributed by atoms with Gasteiger partial charge in [-0.1, -0.05) is 32.0 Å². The van der Waals surface area contributed by atoms with Gasteiger partial charge in [-0.05, 0) is 17.5 Å². The number of anilines is 1. The van der Waals surface area contributed by atoms with Crippen molar-refractivity contribution in [2.75, 3.05) is 18.9 Å². The van der Waals surface area contributed by atoms with Crippen LogP contribution >= 0.6 is 0 Å². The Hall–Kier alpha value is -1.88. The first kappa shape index (κ1) is 17.2. The van der Waals surface area contributed by atoms with E-state index in [1.165, 1.54) is 6.92 Å². The van der Waals surface area contributed by atoms with Crippen LogP contribution in [0.5, 0.6) is 0 Å². The molecule has 21 heavy (non-hydrogen) atoms. The maximum absolute atomic E-state index is 12.3. The third kappa shape index (κ3) is 4.86. The fraction of sp³-hybridized carbons (Fsp3) is 0.500. The van der Waals surface area contributed by atoms with Crippen molar-refractivity contribution in [2.24, 2.45) is 17.6 Å². The Morgan fingerprint density at radius 3 is 2.43 bits per heavy atom. The van der Waals surface area contributed by atoms with E-state index in [4.69, 9.17) is 5.73 Å². The van der Waals surface area contributed by atoms with Crippen LogP contribution in [0.25, 0.3) is 0 Å². The van der Waals surface area contributed by atoms with Gasteiger partial charge in [-0.15, -0.1) is 0 Å². The summed E-state index contributed by atoms with van der Waals surface area (Å²) in [5, 5.41) is 2.93. The minimum Gasteiger partial charge on any atom is -0.342 e. The van der Waals surface area contributed by atoms with Gasteiger partial charge in [0.15, 0.2) is 0 Å². The molecule has 0 spiro atoms. The number of benzene rings is 1. The van der Waals surface area contributed by atoms with Crippen LogP contribution in [-0.2, 0) is 16.1 Å². The second-order valence-electron chi connectivity index (χ2n) is 5.61. The number of amides is 2. The van der Waals surface area contributed by atoms with Gasteiger partial charge in [0.2, 0.25) is 11.8 Å². The maximum atomic E-state index is 12.3. The third-order valence-electron chi connectivity index (χ3n) is 3.62. The predicted molar refractivity (Wildman–Crippen MR) is 84.6 cm³/mol. The monoisotopic (exact) mass is 291 g/mol. The van der Waals surface area contributed by atoms with E-state index >= 15 is 0 Å². The molecule has 0 bridgehead atoms. The van der Waals surface area contributed by atoms with Crippen molar-refractivity contribution in [3.05, 3.63) is 29.8 Å². The van der Waals surface area contributed by atoms with Crippen LogP contribution in [0.1, 0.15) is 26.3 Å². The van der Waals surface area contributed by atoms with E-state index in [0.29, 0.717) is 13.1 Å². The molecule has 0 saturated heterocycles. The number of carbonyl (C=O) groups excluding carboxylic acids is 2. The third-order valence-corrected chi connectivity index (χ3v) is 3.62. The molecule has 0 aliphatic rings. The van der Waals surface area contributed by atoms with Crippen molar-refractivity contribution >= 4 is 17.5 Å². The van der Waals surface area contributed by atoms with E-state index in [2.05, 4.69) is 5.32 Å². The molecule has 0 fully saturated rings. The average molecular weight is 291 g/mol. The molecule has 3 N–H and O–H groups in total. The lowest BCUT2D eigenvalue weighted by Gasteiger charge is -2.21. The summed E-state index contributed by atoms with van der Waals surface area (Å²) in [6.07, 6.45) is 0. The van der Waals surface area contributed by atoms with E-state index in [1.54, 1.807) is 11.9 Å². The molecule has 1 aromatic carbocycles. The summed E-state index contributed by atoms with van der Waals surface area (Å²) in [4.78, 5) is 25.2. The number of nitrogens with two attached hydrogens (primary N) is 1. The summed E-state index contributed by atoms with van der Waals surface area (Å²) >= 11 is 0. The Morgan fingerprint density at radius 1 is 1.29 bits per heavy atom. The zero-order valence-electron chi connectivity index (χ0n) is 13.2. The normalized spacial score (nSPS) is 12.1. The second kappa shape index (κ2) is 7.78. The molecule has 5 nitrogen and oxygen atoms in total. The molecule has 0 saturated carbocycles. The quantitative estimate of drug-likeness (QED) is 0.839. The summed E-state index contributed by atoms with van der Waals surface area (Å²) in [5.74, 6) is -0.130. The van der Waals surface area contributed by atoms with Gasteiger partial charge in [0.1, 0.15) is 0 Å². The molecular formula is C16H25N3O2. The molecule has 0 aliphatic carbocycles. The number of para-hydroxylation sites is 1. The van der Waals surface area contributed by atoms with E-state index in [-0.39, 0.29) is 23.7 Å². The molecule has 0 heterocycles. The topological polar surface area (TPSA) is 75.4 Å². The zero-order chi connectivity index (χ0) is 16.0. The molecule has 1 rings (SSSR count). The molecule has 2 amide bonds. The smallest absolute Gasteiger partial charge is 0.229 e. The Kier molecular flexibility index (Phi) is 6.37. The minimum absolute atomic E-state index is 0.0156. The lowest BCUT2D eigenvalue weighted by Crippen LogP contribution is -2.33. The van der Waals surface area contributed by atoms with Crippen LogP contribution in [0.3, 0.4) is 0 Å². The first-order valence-corrected chi connectivity index (χ1v) is 7.17. The van der Waals surface area contributed by atoms with Crippen LogP contribution < -0.4 is 11.1 Å². The molecule has 5 heteroatoms. The number of nitrogens with zero attached hydrogens (tertiary/aromatic N) is 1. The first-order chi connectivity index (χ1) is 9.86. The number of nitrogens with one attached hydrogen (secondary N) is 1. The summed E-state index contributed by atoms with van der Waals surface area (Å²) in [5.41, 5.74) is 7.31. The average Bonchev–Trinajstić information content (AvgIpc) is 2.41. The number of carbonyl (C=O) groups is 2. The van der Waals surface area contributed by atoms with Gasteiger partial charge in [-0.25, -0.2) is 0 Å². The molecular weight excluding hydrogens is 266 g/mol. The molecule has 116 valence electrons. The highest BCUT2D eigenvalue weighted by Crippen LogP contribution is 2.19. The number of hydrogen-bond acceptors (Lipinski definition) is 3. The Balaban J connectivity index is 2.88. The molecule has 0 aliphatic heterocycles. The van der Waals surface area contributed by atoms with Crippen molar-refractivity contribution < 1.29 is 9.59 Å². The summed E-state index contributed by atoms with van der Waals surface area (Å²) in [6.45, 7) is 6.25. The van der Waals surface area contributed by atoms with Gasteiger partial charge in [-0.3, -0.25) is 9.59 Å². The first-order valence-electron chi connectivity index (χ1n) is 7.17. The van der Waals surface area contributed by atoms with Crippen molar-refractivity contribution in [3.63, 3.8) is 0 Å². The molecule has 0 aromatic heterocycles. The minimum atomic E-state index is -0.219. The predicted octanol–water partition coefficient (Wildman–Crippen LogP) is 1.83. The molecule has 1 atom stereocenters. The summed E-state index contributed by atoms with van der Waals surface area (Å²) in [6, 6.07) is 7.50.